The lowest BCUT2D eigenvalue weighted by Gasteiger charge is -2.09. The zero-order valence-corrected chi connectivity index (χ0v) is 12.7. The van der Waals surface area contributed by atoms with E-state index in [1.807, 2.05) is 0 Å². The third-order valence-electron chi connectivity index (χ3n) is 2.85. The Morgan fingerprint density at radius 2 is 1.68 bits per heavy atom. The molecule has 0 spiro atoms. The third-order valence-corrected chi connectivity index (χ3v) is 2.85. The second-order valence-corrected chi connectivity index (χ2v) is 4.62. The van der Waals surface area contributed by atoms with E-state index in [-0.39, 0.29) is 17.1 Å². The Kier molecular flexibility index (Phi) is 6.21. The van der Waals surface area contributed by atoms with Crippen LogP contribution in [0.5, 0.6) is 11.5 Å². The lowest BCUT2D eigenvalue weighted by molar-refractivity contribution is -0.123. The number of halogens is 3. The van der Waals surface area contributed by atoms with Crippen molar-refractivity contribution in [2.45, 2.75) is 6.61 Å². The van der Waals surface area contributed by atoms with Crippen LogP contribution in [0.15, 0.2) is 48.5 Å². The molecule has 2 rings (SSSR count). The highest BCUT2D eigenvalue weighted by Gasteiger charge is 2.10. The van der Waals surface area contributed by atoms with Crippen molar-refractivity contribution in [3.8, 4) is 11.5 Å². The minimum absolute atomic E-state index is 0.0985. The minimum atomic E-state index is -2.96. The maximum absolute atomic E-state index is 13.3. The average Bonchev–Trinajstić information content (AvgIpc) is 2.59. The van der Waals surface area contributed by atoms with Crippen molar-refractivity contribution in [3.63, 3.8) is 0 Å². The standard InChI is InChI=1S/C16H13F3N2O4/c17-12-3-1-2-4-13(12)24-9-14(22)20-21-15(23)10-5-7-11(8-6-10)25-16(18)19/h1-8,16H,9H2,(H,20,22)(H,21,23). The number of rotatable bonds is 6. The summed E-state index contributed by atoms with van der Waals surface area (Å²) < 4.78 is 46.5. The summed E-state index contributed by atoms with van der Waals surface area (Å²) in [7, 11) is 0. The fourth-order valence-electron chi connectivity index (χ4n) is 1.73. The zero-order valence-electron chi connectivity index (χ0n) is 12.7. The second-order valence-electron chi connectivity index (χ2n) is 4.62. The van der Waals surface area contributed by atoms with E-state index in [4.69, 9.17) is 4.74 Å². The first kappa shape index (κ1) is 18.1. The highest BCUT2D eigenvalue weighted by Crippen LogP contribution is 2.15. The van der Waals surface area contributed by atoms with Crippen LogP contribution < -0.4 is 20.3 Å². The first-order valence-corrected chi connectivity index (χ1v) is 6.97. The van der Waals surface area contributed by atoms with Crippen molar-refractivity contribution in [2.24, 2.45) is 0 Å². The molecule has 132 valence electrons. The highest BCUT2D eigenvalue weighted by atomic mass is 19.3. The molecule has 0 fully saturated rings. The highest BCUT2D eigenvalue weighted by molar-refractivity contribution is 5.95. The number of hydrogen-bond donors (Lipinski definition) is 2. The molecule has 0 atom stereocenters. The quantitative estimate of drug-likeness (QED) is 0.781. The van der Waals surface area contributed by atoms with Crippen LogP contribution in [0.2, 0.25) is 0 Å². The van der Waals surface area contributed by atoms with Crippen molar-refractivity contribution in [1.82, 2.24) is 10.9 Å². The summed E-state index contributed by atoms with van der Waals surface area (Å²) in [6, 6.07) is 10.4. The number of benzene rings is 2. The SMILES string of the molecule is O=C(COc1ccccc1F)NNC(=O)c1ccc(OC(F)F)cc1. The van der Waals surface area contributed by atoms with Gasteiger partial charge in [-0.15, -0.1) is 0 Å². The number of amides is 2. The Morgan fingerprint density at radius 3 is 2.32 bits per heavy atom. The van der Waals surface area contributed by atoms with Crippen LogP contribution >= 0.6 is 0 Å². The molecule has 2 aromatic rings. The summed E-state index contributed by atoms with van der Waals surface area (Å²) in [4.78, 5) is 23.4. The largest absolute Gasteiger partial charge is 0.481 e. The number of nitrogens with one attached hydrogen (secondary N) is 2. The Morgan fingerprint density at radius 1 is 1.00 bits per heavy atom. The monoisotopic (exact) mass is 354 g/mol. The summed E-state index contributed by atoms with van der Waals surface area (Å²) in [6.07, 6.45) is 0. The fourth-order valence-corrected chi connectivity index (χ4v) is 1.73. The van der Waals surface area contributed by atoms with Crippen LogP contribution in [-0.4, -0.2) is 25.0 Å². The lowest BCUT2D eigenvalue weighted by Crippen LogP contribution is -2.43. The van der Waals surface area contributed by atoms with Crippen molar-refractivity contribution >= 4 is 11.8 Å². The predicted molar refractivity (Wildman–Crippen MR) is 80.6 cm³/mol. The smallest absolute Gasteiger partial charge is 0.387 e. The van der Waals surface area contributed by atoms with E-state index in [0.29, 0.717) is 0 Å². The maximum atomic E-state index is 13.3. The van der Waals surface area contributed by atoms with E-state index in [0.717, 1.165) is 0 Å². The molecule has 0 aliphatic rings. The molecule has 2 amide bonds. The molecule has 0 radical (unpaired) electrons. The van der Waals surface area contributed by atoms with Crippen molar-refractivity contribution in [3.05, 3.63) is 59.9 Å². The van der Waals surface area contributed by atoms with Gasteiger partial charge in [-0.25, -0.2) is 4.39 Å². The Hall–Kier alpha value is -3.23. The Balaban J connectivity index is 1.79. The number of para-hydroxylation sites is 1. The summed E-state index contributed by atoms with van der Waals surface area (Å²) in [5, 5.41) is 0. The van der Waals surface area contributed by atoms with Crippen LogP contribution in [-0.2, 0) is 4.79 Å². The van der Waals surface area contributed by atoms with E-state index in [1.54, 1.807) is 6.07 Å². The van der Waals surface area contributed by atoms with Gasteiger partial charge in [0.05, 0.1) is 0 Å². The second kappa shape index (κ2) is 8.57. The van der Waals surface area contributed by atoms with Crippen molar-refractivity contribution in [2.75, 3.05) is 6.61 Å². The summed E-state index contributed by atoms with van der Waals surface area (Å²) in [5.41, 5.74) is 4.30. The molecule has 6 nitrogen and oxygen atoms in total. The normalized spacial score (nSPS) is 10.2. The minimum Gasteiger partial charge on any atom is -0.481 e. The zero-order chi connectivity index (χ0) is 18.2. The summed E-state index contributed by atoms with van der Waals surface area (Å²) >= 11 is 0. The van der Waals surface area contributed by atoms with Gasteiger partial charge in [0.1, 0.15) is 5.75 Å². The van der Waals surface area contributed by atoms with Gasteiger partial charge in [0, 0.05) is 5.56 Å². The van der Waals surface area contributed by atoms with Gasteiger partial charge >= 0.3 is 6.61 Å². The van der Waals surface area contributed by atoms with E-state index in [2.05, 4.69) is 15.6 Å². The molecule has 2 N–H and O–H groups in total. The van der Waals surface area contributed by atoms with Crippen LogP contribution in [0.25, 0.3) is 0 Å². The number of carbonyl (C=O) groups is 2. The molecule has 0 bridgehead atoms. The Labute approximate surface area is 140 Å². The van der Waals surface area contributed by atoms with E-state index >= 15 is 0 Å². The number of alkyl halides is 2. The fraction of sp³-hybridized carbons (Fsp3) is 0.125. The van der Waals surface area contributed by atoms with Gasteiger partial charge in [0.2, 0.25) is 0 Å². The number of hydrogen-bond acceptors (Lipinski definition) is 4. The lowest BCUT2D eigenvalue weighted by atomic mass is 10.2. The van der Waals surface area contributed by atoms with E-state index < -0.39 is 30.8 Å². The number of carbonyl (C=O) groups excluding carboxylic acids is 2. The molecule has 0 heterocycles. The maximum Gasteiger partial charge on any atom is 0.387 e. The third kappa shape index (κ3) is 5.72. The molecule has 0 aliphatic heterocycles. The molecule has 0 aromatic heterocycles. The average molecular weight is 354 g/mol. The molecule has 0 saturated carbocycles. The van der Waals surface area contributed by atoms with Gasteiger partial charge in [-0.05, 0) is 36.4 Å². The molecule has 0 unspecified atom stereocenters. The topological polar surface area (TPSA) is 76.7 Å². The first-order valence-electron chi connectivity index (χ1n) is 6.97. The summed E-state index contributed by atoms with van der Waals surface area (Å²) in [5.74, 6) is -2.21. The van der Waals surface area contributed by atoms with Gasteiger partial charge in [-0.1, -0.05) is 12.1 Å². The number of ether oxygens (including phenoxy) is 2. The van der Waals surface area contributed by atoms with Crippen LogP contribution in [0.4, 0.5) is 13.2 Å². The van der Waals surface area contributed by atoms with Crippen molar-refractivity contribution < 1.29 is 32.2 Å². The van der Waals surface area contributed by atoms with Gasteiger partial charge < -0.3 is 9.47 Å². The van der Waals surface area contributed by atoms with Gasteiger partial charge in [0.25, 0.3) is 11.8 Å². The molecule has 0 aliphatic carbocycles. The molecule has 9 heteroatoms. The van der Waals surface area contributed by atoms with Gasteiger partial charge in [-0.3, -0.25) is 20.4 Å². The molecule has 2 aromatic carbocycles. The van der Waals surface area contributed by atoms with Gasteiger partial charge in [-0.2, -0.15) is 8.78 Å². The molecular weight excluding hydrogens is 341 g/mol. The van der Waals surface area contributed by atoms with E-state index in [1.165, 1.54) is 42.5 Å². The van der Waals surface area contributed by atoms with Crippen LogP contribution in [0.3, 0.4) is 0 Å². The van der Waals surface area contributed by atoms with E-state index in [9.17, 15) is 22.8 Å². The summed E-state index contributed by atoms with van der Waals surface area (Å²) in [6.45, 7) is -3.48. The molecule has 0 saturated heterocycles. The van der Waals surface area contributed by atoms with Crippen molar-refractivity contribution in [1.29, 1.82) is 0 Å². The number of hydrazine groups is 1. The van der Waals surface area contributed by atoms with Crippen LogP contribution in [0.1, 0.15) is 10.4 Å². The predicted octanol–water partition coefficient (Wildman–Crippen LogP) is 2.27. The molecule has 25 heavy (non-hydrogen) atoms. The Bertz CT molecular complexity index is 738. The van der Waals surface area contributed by atoms with Gasteiger partial charge in [0.15, 0.2) is 18.2 Å². The van der Waals surface area contributed by atoms with Crippen LogP contribution in [0, 0.1) is 5.82 Å². The molecular formula is C16H13F3N2O4. The first-order chi connectivity index (χ1) is 12.0.